The highest BCUT2D eigenvalue weighted by Gasteiger charge is 2.19. The Morgan fingerprint density at radius 1 is 1.17 bits per heavy atom. The third-order valence-corrected chi connectivity index (χ3v) is 2.95. The van der Waals surface area contributed by atoms with Crippen molar-refractivity contribution >= 4 is 23.2 Å². The number of hydrazine groups is 1. The maximum absolute atomic E-state index is 12.0. The summed E-state index contributed by atoms with van der Waals surface area (Å²) in [4.78, 5) is 35.7. The highest BCUT2D eigenvalue weighted by atomic mass is 16.6. The molecule has 0 radical (unpaired) electrons. The number of carbonyl (C=O) groups excluding carboxylic acids is 2. The van der Waals surface area contributed by atoms with Crippen LogP contribution in [0.3, 0.4) is 0 Å². The molecule has 2 rings (SSSR count). The summed E-state index contributed by atoms with van der Waals surface area (Å²) >= 11 is 0. The molecule has 1 aromatic carbocycles. The molecule has 0 aliphatic heterocycles. The van der Waals surface area contributed by atoms with Crippen LogP contribution in [0.5, 0.6) is 0 Å². The van der Waals surface area contributed by atoms with Crippen molar-refractivity contribution < 1.29 is 18.9 Å². The molecule has 0 saturated carbocycles. The van der Waals surface area contributed by atoms with Gasteiger partial charge in [0.1, 0.15) is 5.69 Å². The van der Waals surface area contributed by atoms with Crippen LogP contribution in [-0.2, 0) is 0 Å². The van der Waals surface area contributed by atoms with E-state index in [2.05, 4.69) is 10.9 Å². The van der Waals surface area contributed by atoms with Gasteiger partial charge in [-0.3, -0.25) is 30.6 Å². The number of benzene rings is 1. The van der Waals surface area contributed by atoms with E-state index >= 15 is 0 Å². The van der Waals surface area contributed by atoms with Crippen LogP contribution in [0.1, 0.15) is 20.9 Å². The Morgan fingerprint density at radius 2 is 1.87 bits per heavy atom. The molecule has 0 bridgehead atoms. The Kier molecular flexibility index (Phi) is 4.60. The molecule has 0 unspecified atom stereocenters. The molecular formula is C14H14N4O5. The molecule has 0 saturated heterocycles. The van der Waals surface area contributed by atoms with Crippen molar-refractivity contribution in [2.75, 3.05) is 19.0 Å². The molecule has 0 aliphatic carbocycles. The fourth-order valence-corrected chi connectivity index (χ4v) is 1.84. The normalized spacial score (nSPS) is 10.0. The Labute approximate surface area is 131 Å². The number of rotatable bonds is 4. The van der Waals surface area contributed by atoms with E-state index in [4.69, 9.17) is 4.42 Å². The van der Waals surface area contributed by atoms with Gasteiger partial charge in [-0.2, -0.15) is 0 Å². The summed E-state index contributed by atoms with van der Waals surface area (Å²) in [6.07, 6.45) is 1.32. The number of nitro benzene ring substituents is 1. The lowest BCUT2D eigenvalue weighted by Gasteiger charge is -2.13. The fraction of sp³-hybridized carbons (Fsp3) is 0.143. The number of nitrogens with one attached hydrogen (secondary N) is 2. The number of nitro groups is 1. The zero-order chi connectivity index (χ0) is 17.0. The Hall–Kier alpha value is -3.36. The molecule has 23 heavy (non-hydrogen) atoms. The van der Waals surface area contributed by atoms with Gasteiger partial charge in [0.25, 0.3) is 11.6 Å². The first kappa shape index (κ1) is 16.0. The Bertz CT molecular complexity index is 740. The summed E-state index contributed by atoms with van der Waals surface area (Å²) in [7, 11) is 3.32. The molecular weight excluding hydrogens is 304 g/mol. The first-order valence-corrected chi connectivity index (χ1v) is 6.50. The second kappa shape index (κ2) is 6.60. The number of hydrogen-bond acceptors (Lipinski definition) is 6. The zero-order valence-corrected chi connectivity index (χ0v) is 12.4. The molecule has 0 aliphatic rings. The molecule has 2 aromatic rings. The molecule has 0 fully saturated rings. The number of carbonyl (C=O) groups is 2. The maximum Gasteiger partial charge on any atom is 0.305 e. The summed E-state index contributed by atoms with van der Waals surface area (Å²) in [6.45, 7) is 0. The Balaban J connectivity index is 2.12. The van der Waals surface area contributed by atoms with Gasteiger partial charge in [-0.05, 0) is 24.3 Å². The lowest BCUT2D eigenvalue weighted by atomic mass is 10.1. The van der Waals surface area contributed by atoms with Gasteiger partial charge >= 0.3 is 5.91 Å². The van der Waals surface area contributed by atoms with Crippen LogP contribution in [0.4, 0.5) is 11.4 Å². The molecule has 2 amide bonds. The van der Waals surface area contributed by atoms with E-state index in [1.165, 1.54) is 30.5 Å². The van der Waals surface area contributed by atoms with E-state index in [0.717, 1.165) is 6.07 Å². The van der Waals surface area contributed by atoms with Gasteiger partial charge < -0.3 is 9.32 Å². The smallest absolute Gasteiger partial charge is 0.305 e. The maximum atomic E-state index is 12.0. The van der Waals surface area contributed by atoms with Gasteiger partial charge in [-0.15, -0.1) is 0 Å². The lowest BCUT2D eigenvalue weighted by molar-refractivity contribution is -0.384. The van der Waals surface area contributed by atoms with E-state index in [-0.39, 0.29) is 17.0 Å². The molecule has 9 nitrogen and oxygen atoms in total. The van der Waals surface area contributed by atoms with Gasteiger partial charge in [0, 0.05) is 25.7 Å². The van der Waals surface area contributed by atoms with Crippen molar-refractivity contribution in [3.8, 4) is 0 Å². The number of amides is 2. The second-order valence-electron chi connectivity index (χ2n) is 4.74. The number of nitrogens with zero attached hydrogens (tertiary/aromatic N) is 2. The van der Waals surface area contributed by atoms with E-state index in [1.54, 1.807) is 19.0 Å². The summed E-state index contributed by atoms with van der Waals surface area (Å²) in [6, 6.07) is 6.99. The van der Waals surface area contributed by atoms with E-state index < -0.39 is 16.7 Å². The minimum atomic E-state index is -0.682. The van der Waals surface area contributed by atoms with Gasteiger partial charge in [0.15, 0.2) is 5.76 Å². The predicted molar refractivity (Wildman–Crippen MR) is 81.1 cm³/mol. The highest BCUT2D eigenvalue weighted by Crippen LogP contribution is 2.27. The van der Waals surface area contributed by atoms with Crippen LogP contribution in [0, 0.1) is 10.1 Å². The first-order chi connectivity index (χ1) is 10.9. The van der Waals surface area contributed by atoms with Crippen molar-refractivity contribution in [1.82, 2.24) is 10.9 Å². The highest BCUT2D eigenvalue weighted by molar-refractivity contribution is 5.98. The zero-order valence-electron chi connectivity index (χ0n) is 12.4. The predicted octanol–water partition coefficient (Wildman–Crippen LogP) is 1.33. The SMILES string of the molecule is CN(C)c1ccc(C(=O)NNC(=O)c2ccco2)cc1[N+](=O)[O-]. The van der Waals surface area contributed by atoms with Gasteiger partial charge in [0.2, 0.25) is 0 Å². The summed E-state index contributed by atoms with van der Waals surface area (Å²) in [5.74, 6) is -1.29. The van der Waals surface area contributed by atoms with Gasteiger partial charge in [0.05, 0.1) is 11.2 Å². The molecule has 2 N–H and O–H groups in total. The average Bonchev–Trinajstić information content (AvgIpc) is 3.05. The minimum Gasteiger partial charge on any atom is -0.459 e. The van der Waals surface area contributed by atoms with Crippen LogP contribution >= 0.6 is 0 Å². The van der Waals surface area contributed by atoms with E-state index in [1.807, 2.05) is 0 Å². The van der Waals surface area contributed by atoms with E-state index in [9.17, 15) is 19.7 Å². The summed E-state index contributed by atoms with van der Waals surface area (Å²) in [5.41, 5.74) is 4.53. The monoisotopic (exact) mass is 318 g/mol. The second-order valence-corrected chi connectivity index (χ2v) is 4.74. The third-order valence-electron chi connectivity index (χ3n) is 2.95. The number of hydrogen-bond donors (Lipinski definition) is 2. The van der Waals surface area contributed by atoms with Crippen molar-refractivity contribution in [3.05, 3.63) is 58.0 Å². The van der Waals surface area contributed by atoms with E-state index in [0.29, 0.717) is 5.69 Å². The summed E-state index contributed by atoms with van der Waals surface area (Å²) in [5, 5.41) is 11.1. The molecule has 0 atom stereocenters. The van der Waals surface area contributed by atoms with Crippen LogP contribution in [-0.4, -0.2) is 30.8 Å². The lowest BCUT2D eigenvalue weighted by Crippen LogP contribution is -2.41. The Morgan fingerprint density at radius 3 is 2.43 bits per heavy atom. The third kappa shape index (κ3) is 3.64. The molecule has 0 spiro atoms. The summed E-state index contributed by atoms with van der Waals surface area (Å²) < 4.78 is 4.87. The number of furan rings is 1. The quantitative estimate of drug-likeness (QED) is 0.648. The van der Waals surface area contributed by atoms with Crippen molar-refractivity contribution in [2.24, 2.45) is 0 Å². The van der Waals surface area contributed by atoms with Crippen molar-refractivity contribution in [3.63, 3.8) is 0 Å². The standard InChI is InChI=1S/C14H14N4O5/c1-17(2)10-6-5-9(8-11(10)18(21)22)13(19)15-16-14(20)12-4-3-7-23-12/h3-8H,1-2H3,(H,15,19)(H,16,20). The first-order valence-electron chi connectivity index (χ1n) is 6.50. The van der Waals surface area contributed by atoms with Crippen molar-refractivity contribution in [1.29, 1.82) is 0 Å². The topological polar surface area (TPSA) is 118 Å². The number of anilines is 1. The molecule has 120 valence electrons. The van der Waals surface area contributed by atoms with Gasteiger partial charge in [-0.1, -0.05) is 0 Å². The average molecular weight is 318 g/mol. The largest absolute Gasteiger partial charge is 0.459 e. The molecule has 1 heterocycles. The molecule has 9 heteroatoms. The van der Waals surface area contributed by atoms with Crippen LogP contribution < -0.4 is 15.8 Å². The fourth-order valence-electron chi connectivity index (χ4n) is 1.84. The molecule has 1 aromatic heterocycles. The van der Waals surface area contributed by atoms with Crippen LogP contribution in [0.25, 0.3) is 0 Å². The minimum absolute atomic E-state index is 0.0271. The van der Waals surface area contributed by atoms with Gasteiger partial charge in [-0.25, -0.2) is 0 Å². The van der Waals surface area contributed by atoms with Crippen molar-refractivity contribution in [2.45, 2.75) is 0 Å². The van der Waals surface area contributed by atoms with Crippen LogP contribution in [0.2, 0.25) is 0 Å². The van der Waals surface area contributed by atoms with Crippen LogP contribution in [0.15, 0.2) is 41.0 Å².